The SMILES string of the molecule is COCCOc1cc(F)cc(C2Oc3cccc(OC(F)F)c3-c3ccc(CS(N)(=O)=O)cc32)c1. The zero-order chi connectivity index (χ0) is 25.2. The molecule has 1 heterocycles. The summed E-state index contributed by atoms with van der Waals surface area (Å²) in [5.74, 6) is -0.668. The van der Waals surface area contributed by atoms with Gasteiger partial charge in [0.1, 0.15) is 35.8 Å². The molecular formula is C24H22F3NO6S. The van der Waals surface area contributed by atoms with Gasteiger partial charge in [-0.05, 0) is 35.4 Å². The molecule has 0 saturated carbocycles. The van der Waals surface area contributed by atoms with E-state index in [-0.39, 0.29) is 29.4 Å². The Morgan fingerprint density at radius 3 is 2.60 bits per heavy atom. The van der Waals surface area contributed by atoms with Crippen LogP contribution < -0.4 is 19.3 Å². The van der Waals surface area contributed by atoms with E-state index < -0.39 is 34.3 Å². The highest BCUT2D eigenvalue weighted by molar-refractivity contribution is 7.88. The molecule has 0 fully saturated rings. The topological polar surface area (TPSA) is 97.1 Å². The number of sulfonamides is 1. The van der Waals surface area contributed by atoms with Crippen LogP contribution in [0.25, 0.3) is 11.1 Å². The first kappa shape index (κ1) is 24.8. The van der Waals surface area contributed by atoms with Gasteiger partial charge in [0.15, 0.2) is 0 Å². The summed E-state index contributed by atoms with van der Waals surface area (Å²) in [4.78, 5) is 0. The molecule has 0 aliphatic carbocycles. The van der Waals surface area contributed by atoms with Crippen molar-refractivity contribution in [1.82, 2.24) is 0 Å². The van der Waals surface area contributed by atoms with Gasteiger partial charge in [-0.1, -0.05) is 24.3 Å². The second-order valence-electron chi connectivity index (χ2n) is 7.80. The molecule has 3 aromatic carbocycles. The van der Waals surface area contributed by atoms with Crippen molar-refractivity contribution < 1.29 is 40.5 Å². The summed E-state index contributed by atoms with van der Waals surface area (Å²) >= 11 is 0. The van der Waals surface area contributed by atoms with Gasteiger partial charge >= 0.3 is 6.61 Å². The number of halogens is 3. The van der Waals surface area contributed by atoms with Gasteiger partial charge in [0.2, 0.25) is 10.0 Å². The standard InChI is InChI=1S/C24H22F3NO6S/c1-31-7-8-32-17-11-15(10-16(25)12-17)23-19-9-14(13-35(28,29)30)5-6-18(19)22-20(33-23)3-2-4-21(22)34-24(26)27/h2-6,9-12,23-24H,7-8,13H2,1H3,(H2,28,29,30). The van der Waals surface area contributed by atoms with Crippen LogP contribution in [0.1, 0.15) is 22.8 Å². The van der Waals surface area contributed by atoms with Crippen LogP contribution in [0.15, 0.2) is 54.6 Å². The van der Waals surface area contributed by atoms with E-state index in [1.807, 2.05) is 0 Å². The zero-order valence-electron chi connectivity index (χ0n) is 18.5. The van der Waals surface area contributed by atoms with Crippen LogP contribution in [0.4, 0.5) is 13.2 Å². The summed E-state index contributed by atoms with van der Waals surface area (Å²) in [6.07, 6.45) is -0.903. The Balaban J connectivity index is 1.85. The number of hydrogen-bond acceptors (Lipinski definition) is 6. The van der Waals surface area contributed by atoms with Gasteiger partial charge in [0, 0.05) is 24.3 Å². The number of alkyl halides is 2. The molecule has 2 N–H and O–H groups in total. The molecule has 0 amide bonds. The first-order valence-electron chi connectivity index (χ1n) is 10.4. The van der Waals surface area contributed by atoms with Crippen LogP contribution in [-0.4, -0.2) is 35.4 Å². The lowest BCUT2D eigenvalue weighted by Crippen LogP contribution is -2.19. The number of methoxy groups -OCH3 is 1. The highest BCUT2D eigenvalue weighted by Gasteiger charge is 2.31. The maximum Gasteiger partial charge on any atom is 0.387 e. The maximum absolute atomic E-state index is 14.5. The fraction of sp³-hybridized carbons (Fsp3) is 0.250. The van der Waals surface area contributed by atoms with Crippen molar-refractivity contribution in [2.45, 2.75) is 18.5 Å². The summed E-state index contributed by atoms with van der Waals surface area (Å²) in [7, 11) is -2.34. The molecule has 1 aliphatic heterocycles. The Hall–Kier alpha value is -3.28. The van der Waals surface area contributed by atoms with E-state index in [4.69, 9.17) is 24.1 Å². The van der Waals surface area contributed by atoms with Gasteiger partial charge < -0.3 is 18.9 Å². The third kappa shape index (κ3) is 5.87. The molecule has 1 atom stereocenters. The summed E-state index contributed by atoms with van der Waals surface area (Å²) < 4.78 is 85.3. The Morgan fingerprint density at radius 1 is 1.09 bits per heavy atom. The Bertz CT molecular complexity index is 1330. The molecule has 0 spiro atoms. The smallest absolute Gasteiger partial charge is 0.387 e. The number of nitrogens with two attached hydrogens (primary N) is 1. The van der Waals surface area contributed by atoms with Crippen molar-refractivity contribution >= 4 is 10.0 Å². The second kappa shape index (κ2) is 10.1. The van der Waals surface area contributed by atoms with Gasteiger partial charge in [-0.2, -0.15) is 8.78 Å². The van der Waals surface area contributed by atoms with Gasteiger partial charge in [-0.15, -0.1) is 0 Å². The van der Waals surface area contributed by atoms with Crippen molar-refractivity contribution in [3.8, 4) is 28.4 Å². The van der Waals surface area contributed by atoms with E-state index in [1.54, 1.807) is 24.3 Å². The molecule has 186 valence electrons. The zero-order valence-corrected chi connectivity index (χ0v) is 19.4. The van der Waals surface area contributed by atoms with Crippen LogP contribution >= 0.6 is 0 Å². The molecule has 11 heteroatoms. The predicted molar refractivity (Wildman–Crippen MR) is 122 cm³/mol. The lowest BCUT2D eigenvalue weighted by atomic mass is 9.88. The molecular weight excluding hydrogens is 487 g/mol. The lowest BCUT2D eigenvalue weighted by Gasteiger charge is -2.31. The largest absolute Gasteiger partial charge is 0.491 e. The summed E-state index contributed by atoms with van der Waals surface area (Å²) in [6, 6.07) is 13.2. The van der Waals surface area contributed by atoms with E-state index in [0.717, 1.165) is 0 Å². The Labute approximate surface area is 200 Å². The van der Waals surface area contributed by atoms with Crippen LogP contribution in [0.3, 0.4) is 0 Å². The monoisotopic (exact) mass is 509 g/mol. The maximum atomic E-state index is 14.5. The van der Waals surface area contributed by atoms with E-state index in [0.29, 0.717) is 28.9 Å². The van der Waals surface area contributed by atoms with Crippen LogP contribution in [0, 0.1) is 5.82 Å². The highest BCUT2D eigenvalue weighted by atomic mass is 32.2. The molecule has 0 bridgehead atoms. The lowest BCUT2D eigenvalue weighted by molar-refractivity contribution is -0.0496. The number of fused-ring (bicyclic) bond motifs is 3. The number of rotatable bonds is 9. The third-order valence-corrected chi connectivity index (χ3v) is 5.97. The fourth-order valence-electron chi connectivity index (χ4n) is 3.95. The van der Waals surface area contributed by atoms with E-state index in [2.05, 4.69) is 0 Å². The van der Waals surface area contributed by atoms with Gasteiger partial charge in [-0.25, -0.2) is 17.9 Å². The fourth-order valence-corrected chi connectivity index (χ4v) is 4.59. The third-order valence-electron chi connectivity index (χ3n) is 5.24. The molecule has 0 aromatic heterocycles. The van der Waals surface area contributed by atoms with Gasteiger partial charge in [0.05, 0.1) is 17.9 Å². The average molecular weight is 510 g/mol. The number of ether oxygens (including phenoxy) is 4. The molecule has 0 saturated heterocycles. The molecule has 1 unspecified atom stereocenters. The molecule has 4 rings (SSSR count). The van der Waals surface area contributed by atoms with Crippen molar-refractivity contribution in [3.63, 3.8) is 0 Å². The average Bonchev–Trinajstić information content (AvgIpc) is 2.77. The first-order valence-corrected chi connectivity index (χ1v) is 12.2. The second-order valence-corrected chi connectivity index (χ2v) is 9.41. The summed E-state index contributed by atoms with van der Waals surface area (Å²) in [5.41, 5.74) is 1.89. The number of primary sulfonamides is 1. The first-order chi connectivity index (χ1) is 16.6. The minimum atomic E-state index is -3.85. The Morgan fingerprint density at radius 2 is 1.89 bits per heavy atom. The van der Waals surface area contributed by atoms with Crippen molar-refractivity contribution in [2.75, 3.05) is 20.3 Å². The molecule has 35 heavy (non-hydrogen) atoms. The van der Waals surface area contributed by atoms with Gasteiger partial charge in [0.25, 0.3) is 0 Å². The number of benzene rings is 3. The molecule has 7 nitrogen and oxygen atoms in total. The molecule has 1 aliphatic rings. The quantitative estimate of drug-likeness (QED) is 0.430. The van der Waals surface area contributed by atoms with Crippen molar-refractivity contribution in [3.05, 3.63) is 77.1 Å². The van der Waals surface area contributed by atoms with Crippen molar-refractivity contribution in [1.29, 1.82) is 0 Å². The van der Waals surface area contributed by atoms with E-state index in [1.165, 1.54) is 37.4 Å². The number of hydrogen-bond donors (Lipinski definition) is 1. The van der Waals surface area contributed by atoms with Gasteiger partial charge in [-0.3, -0.25) is 0 Å². The van der Waals surface area contributed by atoms with E-state index in [9.17, 15) is 21.6 Å². The Kier molecular flexibility index (Phi) is 7.20. The minimum absolute atomic E-state index is 0.112. The van der Waals surface area contributed by atoms with Crippen LogP contribution in [-0.2, 0) is 20.5 Å². The normalized spacial score (nSPS) is 14.7. The van der Waals surface area contributed by atoms with Crippen molar-refractivity contribution in [2.24, 2.45) is 5.14 Å². The predicted octanol–water partition coefficient (Wildman–Crippen LogP) is 4.39. The minimum Gasteiger partial charge on any atom is -0.491 e. The summed E-state index contributed by atoms with van der Waals surface area (Å²) in [5, 5.41) is 5.20. The summed E-state index contributed by atoms with van der Waals surface area (Å²) in [6.45, 7) is -2.58. The molecule has 3 aromatic rings. The van der Waals surface area contributed by atoms with Crippen LogP contribution in [0.5, 0.6) is 17.2 Å². The molecule has 0 radical (unpaired) electrons. The highest BCUT2D eigenvalue weighted by Crippen LogP contribution is 2.49. The van der Waals surface area contributed by atoms with E-state index >= 15 is 0 Å². The van der Waals surface area contributed by atoms with Crippen LogP contribution in [0.2, 0.25) is 0 Å².